The number of aliphatic carboxylic acids is 1. The van der Waals surface area contributed by atoms with Gasteiger partial charge in [0.1, 0.15) is 12.4 Å². The summed E-state index contributed by atoms with van der Waals surface area (Å²) in [5, 5.41) is 9.66. The second-order valence-corrected chi connectivity index (χ2v) is 10.2. The van der Waals surface area contributed by atoms with Gasteiger partial charge in [-0.25, -0.2) is 4.79 Å². The smallest absolute Gasteiger partial charge is 0.328 e. The Bertz CT molecular complexity index is 1140. The third-order valence-electron chi connectivity index (χ3n) is 5.68. The lowest BCUT2D eigenvalue weighted by atomic mass is 9.87. The average Bonchev–Trinajstić information content (AvgIpc) is 2.84. The lowest BCUT2D eigenvalue weighted by molar-refractivity contribution is -0.131. The third kappa shape index (κ3) is 9.10. The summed E-state index contributed by atoms with van der Waals surface area (Å²) in [4.78, 5) is 13.0. The van der Waals surface area contributed by atoms with E-state index in [1.165, 1.54) is 0 Å². The van der Waals surface area contributed by atoms with Crippen molar-refractivity contribution in [2.45, 2.75) is 61.0 Å². The Morgan fingerprint density at radius 3 is 2.54 bits per heavy atom. The number of hydrogen-bond donors (Lipinski definition) is 2. The standard InChI is InChI=1S/C29H32ClNO3S/c1-2-16-29(31,18-15-28(32)33)17-7-10-23-13-14-26(20-27(23)30)35-25-12-6-11-24(19-25)34-21-22-8-4-3-5-9-22/h3-6,8-9,11-15,18-20H,2,7,10,16-17,21,31H2,1H3,(H,32,33). The van der Waals surface area contributed by atoms with Crippen molar-refractivity contribution in [3.63, 3.8) is 0 Å². The van der Waals surface area contributed by atoms with Gasteiger partial charge in [-0.3, -0.25) is 0 Å². The van der Waals surface area contributed by atoms with Gasteiger partial charge >= 0.3 is 5.97 Å². The van der Waals surface area contributed by atoms with Gasteiger partial charge in [-0.05, 0) is 67.1 Å². The van der Waals surface area contributed by atoms with E-state index < -0.39 is 11.5 Å². The van der Waals surface area contributed by atoms with Gasteiger partial charge in [-0.15, -0.1) is 0 Å². The number of carbonyl (C=O) groups is 1. The number of nitrogens with two attached hydrogens (primary N) is 1. The first-order valence-corrected chi connectivity index (χ1v) is 13.0. The van der Waals surface area contributed by atoms with Gasteiger partial charge in [-0.1, -0.05) is 85.2 Å². The van der Waals surface area contributed by atoms with Crippen LogP contribution in [0.25, 0.3) is 0 Å². The van der Waals surface area contributed by atoms with Crippen molar-refractivity contribution in [1.82, 2.24) is 0 Å². The molecule has 0 amide bonds. The fourth-order valence-electron chi connectivity index (χ4n) is 3.90. The Hall–Kier alpha value is -2.73. The molecule has 3 N–H and O–H groups in total. The maximum atomic E-state index is 10.9. The van der Waals surface area contributed by atoms with E-state index in [4.69, 9.17) is 27.2 Å². The minimum Gasteiger partial charge on any atom is -0.489 e. The lowest BCUT2D eigenvalue weighted by Crippen LogP contribution is -2.37. The van der Waals surface area contributed by atoms with Crippen molar-refractivity contribution in [3.8, 4) is 5.75 Å². The molecule has 3 rings (SSSR count). The van der Waals surface area contributed by atoms with E-state index in [1.54, 1.807) is 17.8 Å². The molecule has 4 nitrogen and oxygen atoms in total. The van der Waals surface area contributed by atoms with E-state index in [0.29, 0.717) is 13.0 Å². The molecule has 0 fully saturated rings. The highest BCUT2D eigenvalue weighted by Crippen LogP contribution is 2.33. The molecule has 0 aromatic heterocycles. The predicted molar refractivity (Wildman–Crippen MR) is 144 cm³/mol. The van der Waals surface area contributed by atoms with E-state index in [-0.39, 0.29) is 0 Å². The van der Waals surface area contributed by atoms with E-state index in [0.717, 1.165) is 63.4 Å². The van der Waals surface area contributed by atoms with Crippen LogP contribution in [0.2, 0.25) is 5.02 Å². The number of rotatable bonds is 13. The normalized spacial score (nSPS) is 13.0. The van der Waals surface area contributed by atoms with Crippen LogP contribution in [-0.2, 0) is 17.8 Å². The zero-order chi connectivity index (χ0) is 25.1. The Morgan fingerprint density at radius 1 is 1.06 bits per heavy atom. The molecular weight excluding hydrogens is 478 g/mol. The molecular formula is C29H32ClNO3S. The summed E-state index contributed by atoms with van der Waals surface area (Å²) in [5.74, 6) is -0.142. The van der Waals surface area contributed by atoms with Crippen LogP contribution in [0.1, 0.15) is 43.7 Å². The monoisotopic (exact) mass is 509 g/mol. The Kier molecular flexibility index (Phi) is 10.3. The van der Waals surface area contributed by atoms with Crippen LogP contribution < -0.4 is 10.5 Å². The van der Waals surface area contributed by atoms with Crippen LogP contribution >= 0.6 is 23.4 Å². The van der Waals surface area contributed by atoms with Crippen molar-refractivity contribution in [2.24, 2.45) is 5.73 Å². The number of carboxylic acid groups (broad SMARTS) is 1. The van der Waals surface area contributed by atoms with Crippen molar-refractivity contribution < 1.29 is 14.6 Å². The topological polar surface area (TPSA) is 72.6 Å². The molecule has 0 bridgehead atoms. The summed E-state index contributed by atoms with van der Waals surface area (Å²) >= 11 is 8.24. The molecule has 35 heavy (non-hydrogen) atoms. The predicted octanol–water partition coefficient (Wildman–Crippen LogP) is 7.53. The molecule has 0 aliphatic heterocycles. The minimum absolute atomic E-state index is 0.532. The fourth-order valence-corrected chi connectivity index (χ4v) is 5.15. The Morgan fingerprint density at radius 2 is 1.83 bits per heavy atom. The minimum atomic E-state index is -0.972. The van der Waals surface area contributed by atoms with Crippen LogP contribution in [0.3, 0.4) is 0 Å². The maximum absolute atomic E-state index is 10.9. The maximum Gasteiger partial charge on any atom is 0.328 e. The summed E-state index contributed by atoms with van der Waals surface area (Å²) in [7, 11) is 0. The van der Waals surface area contributed by atoms with Gasteiger partial charge in [0, 0.05) is 26.4 Å². The molecule has 3 aromatic carbocycles. The van der Waals surface area contributed by atoms with Gasteiger partial charge in [0.15, 0.2) is 0 Å². The third-order valence-corrected chi connectivity index (χ3v) is 7.01. The summed E-state index contributed by atoms with van der Waals surface area (Å²) in [6.07, 6.45) is 6.73. The molecule has 184 valence electrons. The van der Waals surface area contributed by atoms with Crippen LogP contribution in [0.5, 0.6) is 5.75 Å². The van der Waals surface area contributed by atoms with Crippen molar-refractivity contribution in [2.75, 3.05) is 0 Å². The Labute approximate surface area is 217 Å². The summed E-state index contributed by atoms with van der Waals surface area (Å²) in [5.41, 5.74) is 8.03. The molecule has 1 unspecified atom stereocenters. The quantitative estimate of drug-likeness (QED) is 0.233. The first kappa shape index (κ1) is 26.9. The average molecular weight is 510 g/mol. The van der Waals surface area contributed by atoms with Gasteiger partial charge < -0.3 is 15.6 Å². The number of carboxylic acids is 1. The highest BCUT2D eigenvalue weighted by molar-refractivity contribution is 7.99. The van der Waals surface area contributed by atoms with Crippen molar-refractivity contribution in [3.05, 3.63) is 101 Å². The zero-order valence-corrected chi connectivity index (χ0v) is 21.5. The number of ether oxygens (including phenoxy) is 1. The zero-order valence-electron chi connectivity index (χ0n) is 20.0. The molecule has 1 atom stereocenters. The van der Waals surface area contributed by atoms with E-state index in [1.807, 2.05) is 54.6 Å². The summed E-state index contributed by atoms with van der Waals surface area (Å²) < 4.78 is 5.95. The van der Waals surface area contributed by atoms with Gasteiger partial charge in [0.05, 0.1) is 0 Å². The number of halogens is 1. The van der Waals surface area contributed by atoms with Crippen LogP contribution in [0.15, 0.2) is 94.7 Å². The first-order chi connectivity index (χ1) is 16.9. The van der Waals surface area contributed by atoms with Crippen molar-refractivity contribution in [1.29, 1.82) is 0 Å². The fraction of sp³-hybridized carbons (Fsp3) is 0.276. The molecule has 0 saturated carbocycles. The first-order valence-electron chi connectivity index (χ1n) is 11.8. The number of aryl methyl sites for hydroxylation is 1. The number of benzene rings is 3. The molecule has 0 saturated heterocycles. The molecule has 0 heterocycles. The second kappa shape index (κ2) is 13.4. The Balaban J connectivity index is 1.56. The van der Waals surface area contributed by atoms with E-state index in [2.05, 4.69) is 25.1 Å². The molecule has 0 spiro atoms. The molecule has 3 aromatic rings. The van der Waals surface area contributed by atoms with Gasteiger partial charge in [0.25, 0.3) is 0 Å². The molecule has 0 aliphatic rings. The highest BCUT2D eigenvalue weighted by atomic mass is 35.5. The summed E-state index contributed by atoms with van der Waals surface area (Å²) in [6.45, 7) is 2.58. The number of hydrogen-bond acceptors (Lipinski definition) is 4. The van der Waals surface area contributed by atoms with Gasteiger partial charge in [0.2, 0.25) is 0 Å². The van der Waals surface area contributed by atoms with Crippen LogP contribution in [0, 0.1) is 0 Å². The largest absolute Gasteiger partial charge is 0.489 e. The van der Waals surface area contributed by atoms with Crippen molar-refractivity contribution >= 4 is 29.3 Å². The SMILES string of the molecule is CCCC(N)(C=CC(=O)O)CCCc1ccc(Sc2cccc(OCc3ccccc3)c2)cc1Cl. The molecule has 0 radical (unpaired) electrons. The molecule has 0 aliphatic carbocycles. The van der Waals surface area contributed by atoms with Gasteiger partial charge in [-0.2, -0.15) is 0 Å². The van der Waals surface area contributed by atoms with Crippen LogP contribution in [0.4, 0.5) is 0 Å². The second-order valence-electron chi connectivity index (χ2n) is 8.61. The highest BCUT2D eigenvalue weighted by Gasteiger charge is 2.20. The summed E-state index contributed by atoms with van der Waals surface area (Å²) in [6, 6.07) is 24.3. The van der Waals surface area contributed by atoms with Crippen LogP contribution in [-0.4, -0.2) is 16.6 Å². The van der Waals surface area contributed by atoms with E-state index in [9.17, 15) is 4.79 Å². The lowest BCUT2D eigenvalue weighted by Gasteiger charge is -2.25. The molecule has 6 heteroatoms. The van der Waals surface area contributed by atoms with E-state index >= 15 is 0 Å².